The van der Waals surface area contributed by atoms with Gasteiger partial charge in [-0.1, -0.05) is 42.1 Å². The van der Waals surface area contributed by atoms with Gasteiger partial charge in [0, 0.05) is 62.6 Å². The topological polar surface area (TPSA) is 0 Å². The second-order valence-corrected chi connectivity index (χ2v) is 22.7. The van der Waals surface area contributed by atoms with E-state index in [9.17, 15) is 0 Å². The molecule has 4 aliphatic carbocycles. The number of benzene rings is 1. The average molecular weight is 1040 g/mol. The standard InChI is InChI=1S/C45H30F18S4/c1-15-14-16(2)64-31(15)28-29(41(54,55)45(62,63)40(28,52)53)33-17(3)22(19(5)65-33)25-27(39(50,51)43(58,59)37(25,46)47)24-20(6)66-34-30-26(38(48,49)44(60,61)42(30,56)57)23-18(4)32(21-12-10-9-11-13-21)67-36(23,8)35(24,34)7/h9-14H,1-8H3/t35-,36-/m0/s1. The SMILES string of the molecule is CC1=C(C2=C(c3c(C)sc(C4=C(c5sc(C)cc5C)C(F)(F)C(F)(F)C4(F)F)c3C)C(F)(F)C(F)(F)C2(F)F)[C@@]2(C)C(=C3C(=C4C(C)=C(c5ccccc5)S[C@@]42C)C(F)(F)C(F)(F)C3(F)F)S1. The Morgan fingerprint density at radius 1 is 0.463 bits per heavy atom. The lowest BCUT2D eigenvalue weighted by Gasteiger charge is -2.50. The molecule has 0 N–H and O–H groups in total. The first kappa shape index (κ1) is 48.5. The second-order valence-electron chi connectivity index (χ2n) is 17.6. The quantitative estimate of drug-likeness (QED) is 0.234. The van der Waals surface area contributed by atoms with E-state index in [0.29, 0.717) is 30.0 Å². The Labute approximate surface area is 385 Å². The number of aryl methyl sites for hydroxylation is 3. The van der Waals surface area contributed by atoms with Crippen LogP contribution in [0.2, 0.25) is 0 Å². The molecule has 4 heterocycles. The average Bonchev–Trinajstić information content (AvgIpc) is 3.93. The monoisotopic (exact) mass is 1040 g/mol. The Kier molecular flexibility index (Phi) is 9.75. The van der Waals surface area contributed by atoms with E-state index >= 15 is 79.0 Å². The Balaban J connectivity index is 1.40. The van der Waals surface area contributed by atoms with Gasteiger partial charge < -0.3 is 0 Å². The van der Waals surface area contributed by atoms with Crippen molar-refractivity contribution in [3.63, 3.8) is 0 Å². The lowest BCUT2D eigenvalue weighted by molar-refractivity contribution is -0.259. The molecule has 1 fully saturated rings. The molecule has 22 heteroatoms. The van der Waals surface area contributed by atoms with Crippen LogP contribution in [0.1, 0.15) is 69.5 Å². The molecule has 1 aromatic carbocycles. The van der Waals surface area contributed by atoms with Crippen molar-refractivity contribution in [3.05, 3.63) is 121 Å². The Morgan fingerprint density at radius 3 is 1.40 bits per heavy atom. The van der Waals surface area contributed by atoms with Crippen molar-refractivity contribution in [3.8, 4) is 0 Å². The summed E-state index contributed by atoms with van der Waals surface area (Å²) < 4.78 is 289. The van der Waals surface area contributed by atoms with Gasteiger partial charge in [0.15, 0.2) is 0 Å². The fourth-order valence-electron chi connectivity index (χ4n) is 10.6. The third-order valence-electron chi connectivity index (χ3n) is 13.8. The van der Waals surface area contributed by atoms with Crippen molar-refractivity contribution in [2.45, 2.75) is 113 Å². The molecule has 67 heavy (non-hydrogen) atoms. The molecule has 0 spiro atoms. The zero-order valence-corrected chi connectivity index (χ0v) is 38.7. The van der Waals surface area contributed by atoms with E-state index in [0.717, 1.165) is 41.5 Å². The van der Waals surface area contributed by atoms with Gasteiger partial charge in [-0.2, -0.15) is 79.0 Å². The largest absolute Gasteiger partial charge is 0.380 e. The highest BCUT2D eigenvalue weighted by atomic mass is 32.2. The number of allylic oxidation sites excluding steroid dienone is 10. The van der Waals surface area contributed by atoms with Gasteiger partial charge in [0.25, 0.3) is 0 Å². The minimum absolute atomic E-state index is 0.0424. The molecule has 3 aromatic rings. The van der Waals surface area contributed by atoms with Crippen LogP contribution in [0.3, 0.4) is 0 Å². The maximum Gasteiger partial charge on any atom is 0.380 e. The van der Waals surface area contributed by atoms with Gasteiger partial charge in [0.05, 0.1) is 15.9 Å². The van der Waals surface area contributed by atoms with E-state index in [1.54, 1.807) is 0 Å². The molecule has 9 rings (SSSR count). The number of thioether (sulfide) groups is 2. The van der Waals surface area contributed by atoms with Gasteiger partial charge in [-0.15, -0.1) is 34.4 Å². The second kappa shape index (κ2) is 13.5. The van der Waals surface area contributed by atoms with Crippen molar-refractivity contribution in [2.75, 3.05) is 0 Å². The molecule has 2 aromatic heterocycles. The van der Waals surface area contributed by atoms with Crippen molar-refractivity contribution in [2.24, 2.45) is 5.41 Å². The molecule has 2 aliphatic heterocycles. The van der Waals surface area contributed by atoms with E-state index in [4.69, 9.17) is 0 Å². The van der Waals surface area contributed by atoms with Crippen LogP contribution in [0, 0.1) is 33.1 Å². The normalized spacial score (nSPS) is 30.1. The molecule has 0 saturated heterocycles. The molecule has 0 radical (unpaired) electrons. The van der Waals surface area contributed by atoms with Crippen molar-refractivity contribution in [1.29, 1.82) is 0 Å². The highest BCUT2D eigenvalue weighted by Gasteiger charge is 2.87. The first-order chi connectivity index (χ1) is 30.3. The van der Waals surface area contributed by atoms with Gasteiger partial charge in [0.2, 0.25) is 0 Å². The summed E-state index contributed by atoms with van der Waals surface area (Å²) in [6, 6.07) is 8.44. The van der Waals surface area contributed by atoms with Crippen LogP contribution in [0.15, 0.2) is 79.6 Å². The molecule has 0 bridgehead atoms. The fraction of sp³-hybridized carbons (Fsp3) is 0.422. The van der Waals surface area contributed by atoms with E-state index in [2.05, 4.69) is 0 Å². The molecule has 0 nitrogen and oxygen atoms in total. The molecular weight excluding hydrogens is 1010 g/mol. The van der Waals surface area contributed by atoms with E-state index in [1.807, 2.05) is 0 Å². The summed E-state index contributed by atoms with van der Waals surface area (Å²) in [5.41, 5.74) is -20.6. The summed E-state index contributed by atoms with van der Waals surface area (Å²) in [5.74, 6) is -54.0. The van der Waals surface area contributed by atoms with Crippen LogP contribution >= 0.6 is 46.2 Å². The number of hydrogen-bond donors (Lipinski definition) is 0. The number of thiophene rings is 2. The summed E-state index contributed by atoms with van der Waals surface area (Å²) in [6.07, 6.45) is 0. The van der Waals surface area contributed by atoms with Crippen LogP contribution in [-0.4, -0.2) is 58.0 Å². The van der Waals surface area contributed by atoms with Crippen LogP contribution in [0.25, 0.3) is 21.6 Å². The lowest BCUT2D eigenvalue weighted by Crippen LogP contribution is -2.51. The zero-order chi connectivity index (χ0) is 50.1. The van der Waals surface area contributed by atoms with Gasteiger partial charge in [-0.3, -0.25) is 0 Å². The zero-order valence-electron chi connectivity index (χ0n) is 35.4. The first-order valence-corrected chi connectivity index (χ1v) is 23.0. The summed E-state index contributed by atoms with van der Waals surface area (Å²) in [6.45, 7) is 7.56. The highest BCUT2D eigenvalue weighted by molar-refractivity contribution is 8.10. The predicted molar refractivity (Wildman–Crippen MR) is 223 cm³/mol. The molecule has 2 atom stereocenters. The number of halogens is 18. The maximum absolute atomic E-state index is 17.1. The number of hydrogen-bond acceptors (Lipinski definition) is 4. The highest BCUT2D eigenvalue weighted by Crippen LogP contribution is 2.81. The van der Waals surface area contributed by atoms with Gasteiger partial charge in [0.1, 0.15) is 0 Å². The molecule has 0 unspecified atom stereocenters. The van der Waals surface area contributed by atoms with Crippen molar-refractivity contribution < 1.29 is 79.0 Å². The Hall–Kier alpha value is -3.50. The van der Waals surface area contributed by atoms with Gasteiger partial charge >= 0.3 is 53.3 Å². The summed E-state index contributed by atoms with van der Waals surface area (Å²) >= 11 is 0.699. The number of fused-ring (bicyclic) bond motifs is 4. The van der Waals surface area contributed by atoms with Crippen LogP contribution < -0.4 is 0 Å². The van der Waals surface area contributed by atoms with Crippen molar-refractivity contribution in [1.82, 2.24) is 0 Å². The van der Waals surface area contributed by atoms with E-state index < -0.39 is 144 Å². The van der Waals surface area contributed by atoms with Crippen LogP contribution in [0.5, 0.6) is 0 Å². The summed E-state index contributed by atoms with van der Waals surface area (Å²) in [7, 11) is 0. The smallest absolute Gasteiger partial charge is 0.194 e. The third-order valence-corrected chi connectivity index (χ3v) is 19.3. The van der Waals surface area contributed by atoms with Gasteiger partial charge in [-0.25, -0.2) is 0 Å². The van der Waals surface area contributed by atoms with E-state index in [-0.39, 0.29) is 49.6 Å². The summed E-state index contributed by atoms with van der Waals surface area (Å²) in [5, 5.41) is 0. The van der Waals surface area contributed by atoms with Crippen LogP contribution in [-0.2, 0) is 0 Å². The number of rotatable bonds is 5. The van der Waals surface area contributed by atoms with Crippen molar-refractivity contribution >= 4 is 67.8 Å². The van der Waals surface area contributed by atoms with E-state index in [1.165, 1.54) is 43.3 Å². The molecule has 360 valence electrons. The third kappa shape index (κ3) is 5.16. The number of alkyl halides is 18. The minimum atomic E-state index is -6.49. The molecular formula is C45H30F18S4. The predicted octanol–water partition coefficient (Wildman–Crippen LogP) is 17.0. The maximum atomic E-state index is 17.1. The molecule has 0 amide bonds. The molecule has 1 saturated carbocycles. The molecule has 6 aliphatic rings. The Morgan fingerprint density at radius 2 is 0.910 bits per heavy atom. The van der Waals surface area contributed by atoms with Gasteiger partial charge in [-0.05, 0) is 99.8 Å². The fourth-order valence-corrected chi connectivity index (χ4v) is 16.3. The first-order valence-electron chi connectivity index (χ1n) is 19.8. The lowest BCUT2D eigenvalue weighted by atomic mass is 9.59. The summed E-state index contributed by atoms with van der Waals surface area (Å²) in [4.78, 5) is -4.70. The Bertz CT molecular complexity index is 2990. The van der Waals surface area contributed by atoms with Crippen LogP contribution in [0.4, 0.5) is 79.0 Å². The minimum Gasteiger partial charge on any atom is -0.194 e.